The Morgan fingerprint density at radius 3 is 3.00 bits per heavy atom. The minimum atomic E-state index is 0.0381. The summed E-state index contributed by atoms with van der Waals surface area (Å²) < 4.78 is 1.64. The number of anilines is 1. The summed E-state index contributed by atoms with van der Waals surface area (Å²) >= 11 is 0. The highest BCUT2D eigenvalue weighted by Crippen LogP contribution is 2.23. The second kappa shape index (κ2) is 4.95. The lowest BCUT2D eigenvalue weighted by molar-refractivity contribution is 0.331. The highest BCUT2D eigenvalue weighted by molar-refractivity contribution is 5.39. The van der Waals surface area contributed by atoms with Crippen LogP contribution >= 0.6 is 0 Å². The lowest BCUT2D eigenvalue weighted by Gasteiger charge is -2.40. The SMILES string of the molecule is O=c1cc2c(nn1CC1CN(c3ccncn3)C1)CCC2. The van der Waals surface area contributed by atoms with Gasteiger partial charge in [0.25, 0.3) is 5.56 Å². The van der Waals surface area contributed by atoms with Crippen LogP contribution in [0.3, 0.4) is 0 Å². The molecule has 1 aliphatic carbocycles. The van der Waals surface area contributed by atoms with Gasteiger partial charge in [-0.2, -0.15) is 5.10 Å². The zero-order valence-electron chi connectivity index (χ0n) is 11.8. The Kier molecular flexibility index (Phi) is 2.94. The maximum absolute atomic E-state index is 12.1. The number of fused-ring (bicyclic) bond motifs is 1. The van der Waals surface area contributed by atoms with Crippen molar-refractivity contribution >= 4 is 5.82 Å². The Morgan fingerprint density at radius 2 is 2.19 bits per heavy atom. The molecule has 1 aliphatic heterocycles. The van der Waals surface area contributed by atoms with Crippen molar-refractivity contribution in [1.82, 2.24) is 19.7 Å². The van der Waals surface area contributed by atoms with Crippen molar-refractivity contribution in [3.8, 4) is 0 Å². The van der Waals surface area contributed by atoms with Crippen molar-refractivity contribution in [1.29, 1.82) is 0 Å². The highest BCUT2D eigenvalue weighted by atomic mass is 16.1. The minimum Gasteiger partial charge on any atom is -0.356 e. The second-order valence-electron chi connectivity index (χ2n) is 5.83. The fourth-order valence-corrected chi connectivity index (χ4v) is 3.16. The number of rotatable bonds is 3. The Balaban J connectivity index is 1.44. The molecule has 21 heavy (non-hydrogen) atoms. The summed E-state index contributed by atoms with van der Waals surface area (Å²) in [6, 6.07) is 3.69. The fraction of sp³-hybridized carbons (Fsp3) is 0.467. The second-order valence-corrected chi connectivity index (χ2v) is 5.83. The molecule has 0 radical (unpaired) electrons. The first-order valence-electron chi connectivity index (χ1n) is 7.40. The Labute approximate surface area is 122 Å². The van der Waals surface area contributed by atoms with Crippen LogP contribution in [0.4, 0.5) is 5.82 Å². The van der Waals surface area contributed by atoms with Crippen molar-refractivity contribution in [3.63, 3.8) is 0 Å². The Morgan fingerprint density at radius 1 is 1.29 bits per heavy atom. The van der Waals surface area contributed by atoms with Gasteiger partial charge in [-0.1, -0.05) is 0 Å². The van der Waals surface area contributed by atoms with E-state index in [9.17, 15) is 4.79 Å². The van der Waals surface area contributed by atoms with Gasteiger partial charge in [-0.25, -0.2) is 14.6 Å². The van der Waals surface area contributed by atoms with Crippen molar-refractivity contribution in [2.24, 2.45) is 5.92 Å². The molecule has 4 rings (SSSR count). The molecule has 0 N–H and O–H groups in total. The van der Waals surface area contributed by atoms with Crippen LogP contribution in [0, 0.1) is 5.92 Å². The summed E-state index contributed by atoms with van der Waals surface area (Å²) in [5.41, 5.74) is 2.30. The van der Waals surface area contributed by atoms with Gasteiger partial charge in [0.05, 0.1) is 12.2 Å². The van der Waals surface area contributed by atoms with Gasteiger partial charge in [0, 0.05) is 31.3 Å². The van der Waals surface area contributed by atoms with Gasteiger partial charge in [-0.05, 0) is 30.9 Å². The van der Waals surface area contributed by atoms with Crippen molar-refractivity contribution in [2.45, 2.75) is 25.8 Å². The number of aryl methyl sites for hydroxylation is 2. The van der Waals surface area contributed by atoms with E-state index in [0.717, 1.165) is 49.4 Å². The molecule has 0 spiro atoms. The number of hydrogen-bond acceptors (Lipinski definition) is 5. The van der Waals surface area contributed by atoms with Crippen LogP contribution < -0.4 is 10.5 Å². The lowest BCUT2D eigenvalue weighted by atomic mass is 10.0. The van der Waals surface area contributed by atoms with Gasteiger partial charge in [0.1, 0.15) is 12.1 Å². The molecular formula is C15H17N5O. The van der Waals surface area contributed by atoms with Crippen LogP contribution in [-0.2, 0) is 19.4 Å². The normalized spacial score (nSPS) is 17.6. The first-order chi connectivity index (χ1) is 10.3. The van der Waals surface area contributed by atoms with Crippen LogP contribution in [0.1, 0.15) is 17.7 Å². The van der Waals surface area contributed by atoms with Crippen LogP contribution in [0.15, 0.2) is 29.5 Å². The monoisotopic (exact) mass is 283 g/mol. The molecule has 1 fully saturated rings. The summed E-state index contributed by atoms with van der Waals surface area (Å²) in [4.78, 5) is 22.4. The number of hydrogen-bond donors (Lipinski definition) is 0. The van der Waals surface area contributed by atoms with E-state index in [2.05, 4.69) is 20.0 Å². The number of nitrogens with zero attached hydrogens (tertiary/aromatic N) is 5. The molecule has 6 heteroatoms. The van der Waals surface area contributed by atoms with E-state index in [1.54, 1.807) is 23.3 Å². The maximum Gasteiger partial charge on any atom is 0.267 e. The summed E-state index contributed by atoms with van der Waals surface area (Å²) in [6.07, 6.45) is 6.45. The average molecular weight is 283 g/mol. The van der Waals surface area contributed by atoms with Gasteiger partial charge in [0.15, 0.2) is 0 Å². The van der Waals surface area contributed by atoms with Crippen molar-refractivity contribution in [2.75, 3.05) is 18.0 Å². The zero-order chi connectivity index (χ0) is 14.2. The van der Waals surface area contributed by atoms with Crippen molar-refractivity contribution < 1.29 is 0 Å². The van der Waals surface area contributed by atoms with E-state index < -0.39 is 0 Å². The van der Waals surface area contributed by atoms with Gasteiger partial charge >= 0.3 is 0 Å². The van der Waals surface area contributed by atoms with Crippen molar-refractivity contribution in [3.05, 3.63) is 46.3 Å². The van der Waals surface area contributed by atoms with E-state index in [1.807, 2.05) is 6.07 Å². The first kappa shape index (κ1) is 12.5. The topological polar surface area (TPSA) is 63.9 Å². The van der Waals surface area contributed by atoms with E-state index in [4.69, 9.17) is 0 Å². The van der Waals surface area contributed by atoms with Crippen LogP contribution in [0.5, 0.6) is 0 Å². The predicted octanol–water partition coefficient (Wildman–Crippen LogP) is 0.658. The Hall–Kier alpha value is -2.24. The zero-order valence-corrected chi connectivity index (χ0v) is 11.8. The highest BCUT2D eigenvalue weighted by Gasteiger charge is 2.28. The quantitative estimate of drug-likeness (QED) is 0.828. The van der Waals surface area contributed by atoms with Gasteiger partial charge in [-0.15, -0.1) is 0 Å². The summed E-state index contributed by atoms with van der Waals surface area (Å²) in [5, 5.41) is 4.53. The van der Waals surface area contributed by atoms with Crippen LogP contribution in [0.2, 0.25) is 0 Å². The fourth-order valence-electron chi connectivity index (χ4n) is 3.16. The molecular weight excluding hydrogens is 266 g/mol. The summed E-state index contributed by atoms with van der Waals surface area (Å²) in [5.74, 6) is 1.42. The molecule has 0 amide bonds. The van der Waals surface area contributed by atoms with E-state index >= 15 is 0 Å². The first-order valence-corrected chi connectivity index (χ1v) is 7.40. The minimum absolute atomic E-state index is 0.0381. The smallest absolute Gasteiger partial charge is 0.267 e. The predicted molar refractivity (Wildman–Crippen MR) is 78.3 cm³/mol. The average Bonchev–Trinajstić information content (AvgIpc) is 2.90. The molecule has 3 heterocycles. The molecule has 108 valence electrons. The lowest BCUT2D eigenvalue weighted by Crippen LogP contribution is -2.50. The third kappa shape index (κ3) is 2.30. The molecule has 0 bridgehead atoms. The molecule has 1 saturated heterocycles. The standard InChI is InChI=1S/C15H17N5O/c21-15-6-12-2-1-3-13(12)18-20(15)9-11-7-19(8-11)14-4-5-16-10-17-14/h4-6,10-11H,1-3,7-9H2. The molecule has 2 aliphatic rings. The van der Waals surface area contributed by atoms with Gasteiger partial charge < -0.3 is 4.90 Å². The third-order valence-electron chi connectivity index (χ3n) is 4.30. The van der Waals surface area contributed by atoms with Crippen LogP contribution in [0.25, 0.3) is 0 Å². The number of aromatic nitrogens is 4. The van der Waals surface area contributed by atoms with E-state index in [0.29, 0.717) is 12.5 Å². The molecule has 0 unspecified atom stereocenters. The van der Waals surface area contributed by atoms with Gasteiger partial charge in [-0.3, -0.25) is 4.79 Å². The van der Waals surface area contributed by atoms with Gasteiger partial charge in [0.2, 0.25) is 0 Å². The molecule has 0 saturated carbocycles. The Bertz CT molecular complexity index is 706. The summed E-state index contributed by atoms with van der Waals surface area (Å²) in [7, 11) is 0. The molecule has 2 aromatic heterocycles. The molecule has 0 atom stereocenters. The molecule has 0 aromatic carbocycles. The van der Waals surface area contributed by atoms with Crippen LogP contribution in [-0.4, -0.2) is 32.8 Å². The maximum atomic E-state index is 12.1. The third-order valence-corrected chi connectivity index (χ3v) is 4.30. The van der Waals surface area contributed by atoms with E-state index in [1.165, 1.54) is 0 Å². The molecule has 2 aromatic rings. The molecule has 6 nitrogen and oxygen atoms in total. The largest absolute Gasteiger partial charge is 0.356 e. The van der Waals surface area contributed by atoms with E-state index in [-0.39, 0.29) is 5.56 Å². The summed E-state index contributed by atoms with van der Waals surface area (Å²) in [6.45, 7) is 2.54.